The van der Waals surface area contributed by atoms with E-state index in [9.17, 15) is 14.1 Å². The monoisotopic (exact) mass is 431 g/mol. The van der Waals surface area contributed by atoms with Gasteiger partial charge in [-0.05, 0) is 35.2 Å². The zero-order valence-electron chi connectivity index (χ0n) is 16.2. The molecule has 154 valence electrons. The van der Waals surface area contributed by atoms with E-state index < -0.39 is 23.4 Å². The number of nitrogens with zero attached hydrogens (tertiary/aromatic N) is 2. The van der Waals surface area contributed by atoms with Crippen LogP contribution in [0.4, 0.5) is 5.69 Å². The van der Waals surface area contributed by atoms with Gasteiger partial charge < -0.3 is 9.66 Å². The lowest BCUT2D eigenvalue weighted by atomic mass is 10.1. The molecule has 8 heteroatoms. The van der Waals surface area contributed by atoms with Gasteiger partial charge in [0, 0.05) is 6.42 Å². The van der Waals surface area contributed by atoms with Gasteiger partial charge in [0.1, 0.15) is 11.4 Å². The van der Waals surface area contributed by atoms with Gasteiger partial charge >= 0.3 is 5.97 Å². The summed E-state index contributed by atoms with van der Waals surface area (Å²) in [5.74, 6) is 4.49. The molecule has 1 aromatic heterocycles. The average Bonchev–Trinajstić information content (AvgIpc) is 2.78. The van der Waals surface area contributed by atoms with Crippen molar-refractivity contribution >= 4 is 29.1 Å². The first kappa shape index (κ1) is 20.5. The quantitative estimate of drug-likeness (QED) is 0.486. The van der Waals surface area contributed by atoms with Crippen molar-refractivity contribution in [1.82, 2.24) is 9.29 Å². The maximum atomic E-state index is 13.0. The van der Waals surface area contributed by atoms with Crippen molar-refractivity contribution in [2.75, 3.05) is 4.72 Å². The second-order valence-electron chi connectivity index (χ2n) is 6.78. The molecule has 2 N–H and O–H groups in total. The average molecular weight is 431 g/mol. The molecular weight excluding hydrogens is 414 g/mol. The number of amides is 1. The first-order chi connectivity index (χ1) is 15.0. The number of benzene rings is 2. The van der Waals surface area contributed by atoms with Gasteiger partial charge in [-0.15, -0.1) is 4.31 Å². The maximum Gasteiger partial charge on any atom is 0.335 e. The van der Waals surface area contributed by atoms with Crippen LogP contribution in [0.1, 0.15) is 37.5 Å². The predicted octanol–water partition coefficient (Wildman–Crippen LogP) is 3.02. The summed E-state index contributed by atoms with van der Waals surface area (Å²) in [6.07, 6.45) is 2.00. The van der Waals surface area contributed by atoms with Gasteiger partial charge in [-0.2, -0.15) is 4.72 Å². The minimum atomic E-state index is -1.81. The number of carboxylic acid groups (broad SMARTS) is 1. The zero-order chi connectivity index (χ0) is 21.8. The van der Waals surface area contributed by atoms with Crippen LogP contribution >= 0.6 is 0 Å². The van der Waals surface area contributed by atoms with E-state index in [-0.39, 0.29) is 12.1 Å². The van der Waals surface area contributed by atoms with Gasteiger partial charge in [0.05, 0.1) is 23.9 Å². The third kappa shape index (κ3) is 4.69. The Morgan fingerprint density at radius 3 is 2.68 bits per heavy atom. The SMILES string of the molecule is O=C(O)c1cccc(CN2C(=O)c3cc(C#CCc4ccccc4)ncc3N[S+]2[O-])c1. The molecule has 0 radical (unpaired) electrons. The molecule has 1 unspecified atom stereocenters. The number of hydrogen-bond acceptors (Lipinski definition) is 5. The normalized spacial score (nSPS) is 14.8. The van der Waals surface area contributed by atoms with E-state index >= 15 is 0 Å². The highest BCUT2D eigenvalue weighted by Gasteiger charge is 2.36. The molecule has 0 saturated carbocycles. The van der Waals surface area contributed by atoms with Crippen molar-refractivity contribution < 1.29 is 19.2 Å². The Bertz CT molecular complexity index is 1200. The largest absolute Gasteiger partial charge is 0.568 e. The van der Waals surface area contributed by atoms with Crippen molar-refractivity contribution in [1.29, 1.82) is 0 Å². The third-order valence-corrected chi connectivity index (χ3v) is 5.70. The van der Waals surface area contributed by atoms with Crippen molar-refractivity contribution in [2.45, 2.75) is 13.0 Å². The van der Waals surface area contributed by atoms with Crippen molar-refractivity contribution in [3.05, 3.63) is 94.8 Å². The highest BCUT2D eigenvalue weighted by atomic mass is 32.2. The summed E-state index contributed by atoms with van der Waals surface area (Å²) in [5, 5.41) is 9.15. The second kappa shape index (κ2) is 8.92. The molecule has 0 saturated heterocycles. The summed E-state index contributed by atoms with van der Waals surface area (Å²) >= 11 is -1.81. The lowest BCUT2D eigenvalue weighted by molar-refractivity contribution is 0.0696. The molecular formula is C23H17N3O4S. The number of pyridine rings is 1. The molecule has 3 aromatic rings. The number of fused-ring (bicyclic) bond motifs is 1. The molecule has 1 amide bonds. The van der Waals surface area contributed by atoms with Crippen LogP contribution in [0, 0.1) is 11.8 Å². The smallest absolute Gasteiger partial charge is 0.335 e. The summed E-state index contributed by atoms with van der Waals surface area (Å²) in [6.45, 7) is -0.00362. The standard InChI is InChI=1S/C23H17N3O4S/c27-22-20-13-19(11-5-8-16-6-2-1-3-7-16)24-14-21(20)25-31(30)26(22)15-17-9-4-10-18(12-17)23(28)29/h1-4,6-7,9-10,12-14,25H,8,15H2,(H,28,29). The lowest BCUT2D eigenvalue weighted by Crippen LogP contribution is -2.44. The van der Waals surface area contributed by atoms with Gasteiger partial charge in [0.2, 0.25) is 0 Å². The summed E-state index contributed by atoms with van der Waals surface area (Å²) in [6, 6.07) is 17.5. The van der Waals surface area contributed by atoms with Gasteiger partial charge in [-0.3, -0.25) is 4.79 Å². The number of carbonyl (C=O) groups excluding carboxylic acids is 1. The number of rotatable bonds is 4. The summed E-state index contributed by atoms with van der Waals surface area (Å²) in [5.41, 5.74) is 2.85. The number of carboxylic acids is 1. The minimum absolute atomic E-state index is 0.00362. The molecule has 31 heavy (non-hydrogen) atoms. The van der Waals surface area contributed by atoms with E-state index in [0.29, 0.717) is 28.9 Å². The minimum Gasteiger partial charge on any atom is -0.568 e. The van der Waals surface area contributed by atoms with Gasteiger partial charge in [0.25, 0.3) is 5.91 Å². The first-order valence-electron chi connectivity index (χ1n) is 9.37. The highest BCUT2D eigenvalue weighted by Crippen LogP contribution is 2.27. The molecule has 1 atom stereocenters. The van der Waals surface area contributed by atoms with Crippen LogP contribution in [0.15, 0.2) is 66.9 Å². The topological polar surface area (TPSA) is 106 Å². The Morgan fingerprint density at radius 2 is 1.90 bits per heavy atom. The molecule has 0 aliphatic carbocycles. The first-order valence-corrected chi connectivity index (χ1v) is 10.5. The lowest BCUT2D eigenvalue weighted by Gasteiger charge is -2.28. The molecule has 2 heterocycles. The summed E-state index contributed by atoms with van der Waals surface area (Å²) in [7, 11) is 0. The number of nitrogens with one attached hydrogen (secondary N) is 1. The molecule has 0 fully saturated rings. The fourth-order valence-corrected chi connectivity index (χ4v) is 4.05. The van der Waals surface area contributed by atoms with E-state index in [1.54, 1.807) is 18.2 Å². The molecule has 1 aliphatic heterocycles. The third-order valence-electron chi connectivity index (χ3n) is 4.61. The van der Waals surface area contributed by atoms with Crippen LogP contribution in [-0.4, -0.2) is 30.8 Å². The number of carbonyl (C=O) groups is 2. The van der Waals surface area contributed by atoms with Crippen LogP contribution in [-0.2, 0) is 24.5 Å². The molecule has 0 bridgehead atoms. The highest BCUT2D eigenvalue weighted by molar-refractivity contribution is 7.91. The molecule has 7 nitrogen and oxygen atoms in total. The van der Waals surface area contributed by atoms with Gasteiger partial charge in [0.15, 0.2) is 11.5 Å². The fourth-order valence-electron chi connectivity index (χ4n) is 3.07. The van der Waals surface area contributed by atoms with E-state index in [1.807, 2.05) is 30.3 Å². The van der Waals surface area contributed by atoms with E-state index in [4.69, 9.17) is 5.11 Å². The number of aromatic nitrogens is 1. The Kier molecular flexibility index (Phi) is 5.89. The van der Waals surface area contributed by atoms with Gasteiger partial charge in [-0.1, -0.05) is 48.4 Å². The second-order valence-corrected chi connectivity index (χ2v) is 7.92. The number of aromatic carboxylic acids is 1. The van der Waals surface area contributed by atoms with Crippen molar-refractivity contribution in [3.8, 4) is 11.8 Å². The van der Waals surface area contributed by atoms with Crippen LogP contribution in [0.2, 0.25) is 0 Å². The Labute approximate surface area is 182 Å². The zero-order valence-corrected chi connectivity index (χ0v) is 17.1. The van der Waals surface area contributed by atoms with Crippen molar-refractivity contribution in [2.24, 2.45) is 0 Å². The van der Waals surface area contributed by atoms with E-state index in [0.717, 1.165) is 9.87 Å². The Morgan fingerprint density at radius 1 is 1.13 bits per heavy atom. The predicted molar refractivity (Wildman–Crippen MR) is 116 cm³/mol. The maximum absolute atomic E-state index is 13.0. The van der Waals surface area contributed by atoms with Crippen LogP contribution in [0.25, 0.3) is 0 Å². The Balaban J connectivity index is 1.54. The van der Waals surface area contributed by atoms with Gasteiger partial charge in [-0.25, -0.2) is 9.78 Å². The molecule has 1 aliphatic rings. The van der Waals surface area contributed by atoms with Crippen LogP contribution in [0.3, 0.4) is 0 Å². The molecule has 0 spiro atoms. The summed E-state index contributed by atoms with van der Waals surface area (Å²) < 4.78 is 16.4. The van der Waals surface area contributed by atoms with Crippen LogP contribution in [0.5, 0.6) is 0 Å². The van der Waals surface area contributed by atoms with Crippen LogP contribution < -0.4 is 4.72 Å². The fraction of sp³-hybridized carbons (Fsp3) is 0.0870. The number of anilines is 1. The van der Waals surface area contributed by atoms with E-state index in [2.05, 4.69) is 21.5 Å². The van der Waals surface area contributed by atoms with E-state index in [1.165, 1.54) is 18.3 Å². The van der Waals surface area contributed by atoms with Crippen molar-refractivity contribution in [3.63, 3.8) is 0 Å². The number of hydrogen-bond donors (Lipinski definition) is 2. The molecule has 2 aromatic carbocycles. The Hall–Kier alpha value is -3.80. The summed E-state index contributed by atoms with van der Waals surface area (Å²) in [4.78, 5) is 28.4. The molecule has 4 rings (SSSR count).